The van der Waals surface area contributed by atoms with Gasteiger partial charge < -0.3 is 10.1 Å². The quantitative estimate of drug-likeness (QED) is 0.668. The lowest BCUT2D eigenvalue weighted by Gasteiger charge is -2.27. The first-order valence-corrected chi connectivity index (χ1v) is 10.9. The number of benzene rings is 2. The molecule has 2 N–H and O–H groups in total. The van der Waals surface area contributed by atoms with E-state index in [0.717, 1.165) is 11.1 Å². The second-order valence-corrected chi connectivity index (χ2v) is 8.72. The molecule has 0 radical (unpaired) electrons. The molecule has 162 valence electrons. The predicted octanol–water partition coefficient (Wildman–Crippen LogP) is 3.49. The zero-order valence-electron chi connectivity index (χ0n) is 16.8. The summed E-state index contributed by atoms with van der Waals surface area (Å²) < 4.78 is 5.56. The summed E-state index contributed by atoms with van der Waals surface area (Å²) in [6.07, 6.45) is 1.21. The minimum atomic E-state index is -0.721. The second kappa shape index (κ2) is 8.99. The Bertz CT molecular complexity index is 996. The van der Waals surface area contributed by atoms with Crippen molar-refractivity contribution < 1.29 is 19.1 Å². The van der Waals surface area contributed by atoms with E-state index >= 15 is 0 Å². The summed E-state index contributed by atoms with van der Waals surface area (Å²) in [7, 11) is 0. The molecule has 0 aliphatic carbocycles. The fourth-order valence-corrected chi connectivity index (χ4v) is 5.05. The molecule has 2 aliphatic rings. The average Bonchev–Trinajstić information content (AvgIpc) is 3.25. The van der Waals surface area contributed by atoms with Crippen molar-refractivity contribution in [2.45, 2.75) is 37.1 Å². The SMILES string of the molecule is O=C1CCC(c2c(Cl)cc(CNC(=O)C3(c4ccccc4)CCOC3)cc2Cl)C(=O)N1. The lowest BCUT2D eigenvalue weighted by Crippen LogP contribution is -2.44. The first-order chi connectivity index (χ1) is 14.9. The number of imide groups is 1. The largest absolute Gasteiger partial charge is 0.380 e. The molecule has 0 saturated carbocycles. The van der Waals surface area contributed by atoms with Crippen molar-refractivity contribution >= 4 is 40.9 Å². The summed E-state index contributed by atoms with van der Waals surface area (Å²) in [6, 6.07) is 13.0. The molecule has 2 heterocycles. The summed E-state index contributed by atoms with van der Waals surface area (Å²) in [5.41, 5.74) is 1.44. The minimum absolute atomic E-state index is 0.113. The van der Waals surface area contributed by atoms with Gasteiger partial charge in [0.15, 0.2) is 0 Å². The first-order valence-electron chi connectivity index (χ1n) is 10.1. The molecule has 2 aromatic carbocycles. The molecule has 2 unspecified atom stereocenters. The molecule has 2 aromatic rings. The number of amides is 3. The maximum atomic E-state index is 13.2. The maximum Gasteiger partial charge on any atom is 0.234 e. The van der Waals surface area contributed by atoms with E-state index in [2.05, 4.69) is 10.6 Å². The van der Waals surface area contributed by atoms with Crippen LogP contribution in [0.3, 0.4) is 0 Å². The minimum Gasteiger partial charge on any atom is -0.380 e. The highest BCUT2D eigenvalue weighted by molar-refractivity contribution is 6.36. The van der Waals surface area contributed by atoms with Gasteiger partial charge in [-0.3, -0.25) is 19.7 Å². The van der Waals surface area contributed by atoms with E-state index in [1.54, 1.807) is 12.1 Å². The van der Waals surface area contributed by atoms with E-state index in [-0.39, 0.29) is 24.8 Å². The van der Waals surface area contributed by atoms with Gasteiger partial charge in [-0.1, -0.05) is 53.5 Å². The third-order valence-electron chi connectivity index (χ3n) is 5.96. The van der Waals surface area contributed by atoms with Crippen LogP contribution in [0, 0.1) is 0 Å². The van der Waals surface area contributed by atoms with Crippen LogP contribution in [0.1, 0.15) is 41.9 Å². The molecule has 2 aliphatic heterocycles. The summed E-state index contributed by atoms with van der Waals surface area (Å²) in [5.74, 6) is -1.38. The lowest BCUT2D eigenvalue weighted by molar-refractivity contribution is -0.134. The molecule has 4 rings (SSSR count). The highest BCUT2D eigenvalue weighted by Crippen LogP contribution is 2.37. The molecule has 3 amide bonds. The number of carbonyl (C=O) groups is 3. The van der Waals surface area contributed by atoms with Crippen molar-refractivity contribution in [2.24, 2.45) is 0 Å². The summed E-state index contributed by atoms with van der Waals surface area (Å²) >= 11 is 12.9. The topological polar surface area (TPSA) is 84.5 Å². The summed E-state index contributed by atoms with van der Waals surface area (Å²) in [5, 5.41) is 5.99. The standard InChI is InChI=1S/C23H22Cl2N2O4/c24-17-10-14(11-18(25)20(17)16-6-7-19(28)27-21(16)29)12-26-22(30)23(8-9-31-13-23)15-4-2-1-3-5-15/h1-5,10-11,16H,6-9,12-13H2,(H,26,30)(H,27,28,29). The Morgan fingerprint density at radius 3 is 2.48 bits per heavy atom. The zero-order valence-corrected chi connectivity index (χ0v) is 18.3. The monoisotopic (exact) mass is 460 g/mol. The molecule has 31 heavy (non-hydrogen) atoms. The van der Waals surface area contributed by atoms with Crippen LogP contribution in [0.2, 0.25) is 10.0 Å². The van der Waals surface area contributed by atoms with E-state index in [0.29, 0.717) is 41.7 Å². The maximum absolute atomic E-state index is 13.2. The second-order valence-electron chi connectivity index (χ2n) is 7.91. The van der Waals surface area contributed by atoms with Crippen LogP contribution in [0.5, 0.6) is 0 Å². The smallest absolute Gasteiger partial charge is 0.234 e. The van der Waals surface area contributed by atoms with Crippen LogP contribution in [-0.4, -0.2) is 30.9 Å². The normalized spacial score (nSPS) is 23.5. The van der Waals surface area contributed by atoms with Gasteiger partial charge in [0.2, 0.25) is 17.7 Å². The number of hydrogen-bond donors (Lipinski definition) is 2. The Morgan fingerprint density at radius 1 is 1.16 bits per heavy atom. The molecule has 6 nitrogen and oxygen atoms in total. The van der Waals surface area contributed by atoms with Gasteiger partial charge in [-0.05, 0) is 36.1 Å². The van der Waals surface area contributed by atoms with Gasteiger partial charge in [-0.2, -0.15) is 0 Å². The molecule has 2 saturated heterocycles. The summed E-state index contributed by atoms with van der Waals surface area (Å²) in [4.78, 5) is 36.8. The van der Waals surface area contributed by atoms with Crippen LogP contribution in [0.25, 0.3) is 0 Å². The molecular weight excluding hydrogens is 439 g/mol. The number of hydrogen-bond acceptors (Lipinski definition) is 4. The number of halogens is 2. The molecule has 0 bridgehead atoms. The van der Waals surface area contributed by atoms with Gasteiger partial charge in [0.05, 0.1) is 17.9 Å². The lowest BCUT2D eigenvalue weighted by atomic mass is 9.79. The van der Waals surface area contributed by atoms with Gasteiger partial charge >= 0.3 is 0 Å². The number of piperidine rings is 1. The first kappa shape index (κ1) is 21.8. The number of rotatable bonds is 5. The van der Waals surface area contributed by atoms with Crippen molar-refractivity contribution in [1.82, 2.24) is 10.6 Å². The third kappa shape index (κ3) is 4.33. The Kier molecular flexibility index (Phi) is 6.32. The Balaban J connectivity index is 1.51. The van der Waals surface area contributed by atoms with Crippen molar-refractivity contribution in [2.75, 3.05) is 13.2 Å². The fraction of sp³-hybridized carbons (Fsp3) is 0.348. The van der Waals surface area contributed by atoms with Gasteiger partial charge in [0.25, 0.3) is 0 Å². The van der Waals surface area contributed by atoms with Crippen LogP contribution in [-0.2, 0) is 31.1 Å². The molecular formula is C23H22Cl2N2O4. The van der Waals surface area contributed by atoms with Crippen LogP contribution in [0.4, 0.5) is 0 Å². The molecule has 0 aromatic heterocycles. The van der Waals surface area contributed by atoms with Crippen molar-refractivity contribution in [3.63, 3.8) is 0 Å². The molecule has 0 spiro atoms. The number of nitrogens with one attached hydrogen (secondary N) is 2. The predicted molar refractivity (Wildman–Crippen MR) is 117 cm³/mol. The van der Waals surface area contributed by atoms with E-state index in [1.165, 1.54) is 0 Å². The highest BCUT2D eigenvalue weighted by Gasteiger charge is 2.43. The Labute approximate surface area is 190 Å². The molecule has 2 atom stereocenters. The van der Waals surface area contributed by atoms with E-state index in [1.807, 2.05) is 30.3 Å². The fourth-order valence-electron chi connectivity index (χ4n) is 4.25. The van der Waals surface area contributed by atoms with Gasteiger partial charge in [0, 0.05) is 35.2 Å². The van der Waals surface area contributed by atoms with Crippen LogP contribution in [0.15, 0.2) is 42.5 Å². The van der Waals surface area contributed by atoms with Crippen molar-refractivity contribution in [1.29, 1.82) is 0 Å². The average molecular weight is 461 g/mol. The number of carbonyl (C=O) groups excluding carboxylic acids is 3. The zero-order chi connectivity index (χ0) is 22.0. The third-order valence-corrected chi connectivity index (χ3v) is 6.59. The number of ether oxygens (including phenoxy) is 1. The van der Waals surface area contributed by atoms with Gasteiger partial charge in [0.1, 0.15) is 0 Å². The van der Waals surface area contributed by atoms with E-state index in [9.17, 15) is 14.4 Å². The van der Waals surface area contributed by atoms with Gasteiger partial charge in [-0.25, -0.2) is 0 Å². The Morgan fingerprint density at radius 2 is 1.87 bits per heavy atom. The van der Waals surface area contributed by atoms with Gasteiger partial charge in [-0.15, -0.1) is 0 Å². The van der Waals surface area contributed by atoms with E-state index in [4.69, 9.17) is 27.9 Å². The molecule has 2 fully saturated rings. The van der Waals surface area contributed by atoms with Crippen molar-refractivity contribution in [3.8, 4) is 0 Å². The van der Waals surface area contributed by atoms with Crippen LogP contribution >= 0.6 is 23.2 Å². The van der Waals surface area contributed by atoms with Crippen molar-refractivity contribution in [3.05, 3.63) is 69.2 Å². The highest BCUT2D eigenvalue weighted by atomic mass is 35.5. The Hall–Kier alpha value is -2.41. The van der Waals surface area contributed by atoms with E-state index < -0.39 is 17.2 Å². The molecule has 8 heteroatoms. The summed E-state index contributed by atoms with van der Waals surface area (Å²) in [6.45, 7) is 1.10. The van der Waals surface area contributed by atoms with Crippen LogP contribution < -0.4 is 10.6 Å².